The minimum absolute atomic E-state index is 0.874. The summed E-state index contributed by atoms with van der Waals surface area (Å²) in [7, 11) is 0. The lowest BCUT2D eigenvalue weighted by Crippen LogP contribution is -2.02. The van der Waals surface area contributed by atoms with E-state index in [2.05, 4.69) is 43.8 Å². The first kappa shape index (κ1) is 17.4. The summed E-state index contributed by atoms with van der Waals surface area (Å²) >= 11 is 0. The van der Waals surface area contributed by atoms with Gasteiger partial charge in [-0.3, -0.25) is 0 Å². The fourth-order valence-corrected chi connectivity index (χ4v) is 1.74. The predicted molar refractivity (Wildman–Crippen MR) is 87.2 cm³/mol. The molecule has 0 aromatic carbocycles. The van der Waals surface area contributed by atoms with E-state index in [0.717, 1.165) is 30.5 Å². The smallest absolute Gasteiger partial charge is 0.0601 e. The van der Waals surface area contributed by atoms with Crippen LogP contribution in [0.15, 0.2) is 52.2 Å². The van der Waals surface area contributed by atoms with E-state index < -0.39 is 0 Å². The molecule has 0 radical (unpaired) electrons. The first-order valence-electron chi connectivity index (χ1n) is 6.89. The molecule has 0 aliphatic carbocycles. The van der Waals surface area contributed by atoms with Crippen molar-refractivity contribution in [3.05, 3.63) is 47.1 Å². The Morgan fingerprint density at radius 2 is 1.79 bits per heavy atom. The number of nitrogens with zero attached hydrogens (tertiary/aromatic N) is 1. The third-order valence-corrected chi connectivity index (χ3v) is 3.56. The van der Waals surface area contributed by atoms with E-state index in [0.29, 0.717) is 0 Å². The van der Waals surface area contributed by atoms with Crippen molar-refractivity contribution in [3.63, 3.8) is 0 Å². The van der Waals surface area contributed by atoms with Crippen LogP contribution in [-0.4, -0.2) is 5.71 Å². The van der Waals surface area contributed by atoms with Gasteiger partial charge < -0.3 is 5.84 Å². The lowest BCUT2D eigenvalue weighted by molar-refractivity contribution is 0.879. The average molecular weight is 260 g/mol. The zero-order chi connectivity index (χ0) is 14.8. The zero-order valence-corrected chi connectivity index (χ0v) is 13.1. The maximum Gasteiger partial charge on any atom is 0.0601 e. The second-order valence-corrected chi connectivity index (χ2v) is 4.77. The number of allylic oxidation sites excluding steroid dienone is 7. The molecule has 0 saturated carbocycles. The lowest BCUT2D eigenvalue weighted by Gasteiger charge is -2.11. The van der Waals surface area contributed by atoms with Crippen LogP contribution in [-0.2, 0) is 0 Å². The van der Waals surface area contributed by atoms with Crippen LogP contribution in [0.1, 0.15) is 53.9 Å². The van der Waals surface area contributed by atoms with Crippen molar-refractivity contribution < 1.29 is 0 Å². The van der Waals surface area contributed by atoms with Gasteiger partial charge in [0.25, 0.3) is 0 Å². The highest BCUT2D eigenvalue weighted by atomic mass is 15.1. The summed E-state index contributed by atoms with van der Waals surface area (Å²) < 4.78 is 0. The topological polar surface area (TPSA) is 38.4 Å². The molecule has 0 aliphatic rings. The Morgan fingerprint density at radius 1 is 1.16 bits per heavy atom. The molecular weight excluding hydrogens is 232 g/mol. The molecule has 106 valence electrons. The summed E-state index contributed by atoms with van der Waals surface area (Å²) in [5, 5.41) is 3.74. The van der Waals surface area contributed by atoms with Gasteiger partial charge in [-0.25, -0.2) is 0 Å². The van der Waals surface area contributed by atoms with Crippen LogP contribution in [0.4, 0.5) is 0 Å². The van der Waals surface area contributed by atoms with Crippen molar-refractivity contribution in [2.45, 2.75) is 53.9 Å². The van der Waals surface area contributed by atoms with Crippen LogP contribution in [0, 0.1) is 0 Å². The van der Waals surface area contributed by atoms with Gasteiger partial charge in [0, 0.05) is 0 Å². The summed E-state index contributed by atoms with van der Waals surface area (Å²) in [6.45, 7) is 14.5. The highest BCUT2D eigenvalue weighted by molar-refractivity contribution is 5.98. The Balaban J connectivity index is 4.72. The fraction of sp³-hybridized carbons (Fsp3) is 0.471. The Labute approximate surface area is 118 Å². The molecule has 0 heterocycles. The van der Waals surface area contributed by atoms with Gasteiger partial charge in [0.05, 0.1) is 5.71 Å². The van der Waals surface area contributed by atoms with Gasteiger partial charge in [-0.15, -0.1) is 0 Å². The van der Waals surface area contributed by atoms with E-state index in [4.69, 9.17) is 5.84 Å². The first-order chi connectivity index (χ1) is 8.97. The molecule has 19 heavy (non-hydrogen) atoms. The van der Waals surface area contributed by atoms with Crippen molar-refractivity contribution in [1.82, 2.24) is 0 Å². The molecule has 0 fully saturated rings. The van der Waals surface area contributed by atoms with Gasteiger partial charge in [0.1, 0.15) is 0 Å². The lowest BCUT2D eigenvalue weighted by atomic mass is 9.95. The summed E-state index contributed by atoms with van der Waals surface area (Å²) in [4.78, 5) is 0. The van der Waals surface area contributed by atoms with Crippen molar-refractivity contribution >= 4 is 5.71 Å². The average Bonchev–Trinajstić information content (AvgIpc) is 2.44. The highest BCUT2D eigenvalue weighted by Crippen LogP contribution is 2.21. The third kappa shape index (κ3) is 6.23. The molecule has 0 aromatic heterocycles. The quantitative estimate of drug-likeness (QED) is 0.300. The maximum absolute atomic E-state index is 5.32. The van der Waals surface area contributed by atoms with Crippen LogP contribution >= 0.6 is 0 Å². The van der Waals surface area contributed by atoms with E-state index in [9.17, 15) is 0 Å². The highest BCUT2D eigenvalue weighted by Gasteiger charge is 2.05. The molecular formula is C17H28N2. The van der Waals surface area contributed by atoms with Crippen molar-refractivity contribution in [3.8, 4) is 0 Å². The van der Waals surface area contributed by atoms with Crippen LogP contribution in [0.25, 0.3) is 0 Å². The van der Waals surface area contributed by atoms with Crippen molar-refractivity contribution in [2.75, 3.05) is 0 Å². The molecule has 0 aromatic rings. The third-order valence-electron chi connectivity index (χ3n) is 3.56. The first-order valence-corrected chi connectivity index (χ1v) is 6.89. The molecule has 0 spiro atoms. The second kappa shape index (κ2) is 9.37. The minimum Gasteiger partial charge on any atom is -0.323 e. The summed E-state index contributed by atoms with van der Waals surface area (Å²) in [6.07, 6.45) is 9.48. The number of hydrogen-bond acceptors (Lipinski definition) is 2. The van der Waals surface area contributed by atoms with E-state index >= 15 is 0 Å². The van der Waals surface area contributed by atoms with Gasteiger partial charge >= 0.3 is 0 Å². The monoisotopic (exact) mass is 260 g/mol. The summed E-state index contributed by atoms with van der Waals surface area (Å²) in [5.41, 5.74) is 5.82. The molecule has 2 nitrogen and oxygen atoms in total. The SMILES string of the molecule is C=C(CC/C(=C/C=C\C)CC)/C(C)=C(C)\C(C)=N/N. The number of nitrogens with two attached hydrogens (primary N) is 1. The molecule has 0 aliphatic heterocycles. The van der Waals surface area contributed by atoms with Gasteiger partial charge in [0.15, 0.2) is 0 Å². The maximum atomic E-state index is 5.32. The summed E-state index contributed by atoms with van der Waals surface area (Å²) in [5.74, 6) is 5.32. The molecule has 0 amide bonds. The normalized spacial score (nSPS) is 14.8. The molecule has 2 N–H and O–H groups in total. The van der Waals surface area contributed by atoms with E-state index in [1.165, 1.54) is 16.7 Å². The Morgan fingerprint density at radius 3 is 2.26 bits per heavy atom. The van der Waals surface area contributed by atoms with Crippen molar-refractivity contribution in [2.24, 2.45) is 10.9 Å². The summed E-state index contributed by atoms with van der Waals surface area (Å²) in [6, 6.07) is 0. The van der Waals surface area contributed by atoms with E-state index in [1.807, 2.05) is 20.8 Å². The standard InChI is InChI=1S/C17H28N2/c1-7-9-10-17(8-2)12-11-13(3)14(4)15(5)16(6)19-18/h7,9-10H,3,8,11-12,18H2,1-2,4-6H3/b9-7-,15-14-,17-10+,19-16-. The van der Waals surface area contributed by atoms with Crippen LogP contribution < -0.4 is 5.84 Å². The molecule has 0 unspecified atom stereocenters. The number of rotatable bonds is 7. The Hall–Kier alpha value is -1.57. The minimum atomic E-state index is 0.874. The zero-order valence-electron chi connectivity index (χ0n) is 13.1. The van der Waals surface area contributed by atoms with Crippen LogP contribution in [0.2, 0.25) is 0 Å². The Kier molecular flexibility index (Phi) is 8.60. The van der Waals surface area contributed by atoms with Gasteiger partial charge in [0.2, 0.25) is 0 Å². The molecule has 0 rings (SSSR count). The molecule has 2 heteroatoms. The van der Waals surface area contributed by atoms with Gasteiger partial charge in [-0.2, -0.15) is 5.10 Å². The van der Waals surface area contributed by atoms with Crippen LogP contribution in [0.3, 0.4) is 0 Å². The van der Waals surface area contributed by atoms with Crippen molar-refractivity contribution in [1.29, 1.82) is 0 Å². The van der Waals surface area contributed by atoms with E-state index in [-0.39, 0.29) is 0 Å². The van der Waals surface area contributed by atoms with Gasteiger partial charge in [-0.1, -0.05) is 42.9 Å². The number of hydrazone groups is 1. The molecule has 0 bridgehead atoms. The van der Waals surface area contributed by atoms with Gasteiger partial charge in [-0.05, 0) is 58.1 Å². The Bertz CT molecular complexity index is 421. The van der Waals surface area contributed by atoms with E-state index in [1.54, 1.807) is 0 Å². The molecule has 0 atom stereocenters. The second-order valence-electron chi connectivity index (χ2n) is 4.77. The molecule has 0 saturated heterocycles. The number of hydrogen-bond donors (Lipinski definition) is 1. The van der Waals surface area contributed by atoms with Crippen LogP contribution in [0.5, 0.6) is 0 Å². The predicted octanol–water partition coefficient (Wildman–Crippen LogP) is 4.91. The largest absolute Gasteiger partial charge is 0.323 e. The fourth-order valence-electron chi connectivity index (χ4n) is 1.74.